The number of aryl methyl sites for hydroxylation is 1. The molecule has 4 nitrogen and oxygen atoms in total. The molecule has 1 aromatic carbocycles. The second-order valence-corrected chi connectivity index (χ2v) is 5.19. The fourth-order valence-corrected chi connectivity index (χ4v) is 2.92. The van der Waals surface area contributed by atoms with Crippen molar-refractivity contribution in [2.75, 3.05) is 0 Å². The van der Waals surface area contributed by atoms with E-state index in [-0.39, 0.29) is 10.9 Å². The van der Waals surface area contributed by atoms with Gasteiger partial charge < -0.3 is 5.73 Å². The smallest absolute Gasteiger partial charge is 0.294 e. The third-order valence-corrected chi connectivity index (χ3v) is 3.68. The van der Waals surface area contributed by atoms with Crippen LogP contribution < -0.4 is 5.73 Å². The Bertz CT molecular complexity index is 481. The monoisotopic (exact) mass is 227 g/mol. The minimum absolute atomic E-state index is 0.0350. The molecule has 1 aliphatic carbocycles. The molecule has 0 amide bonds. The van der Waals surface area contributed by atoms with E-state index in [2.05, 4.69) is 0 Å². The van der Waals surface area contributed by atoms with Crippen LogP contribution in [0.15, 0.2) is 23.1 Å². The maximum absolute atomic E-state index is 11.2. The topological polar surface area (TPSA) is 80.4 Å². The molecule has 82 valence electrons. The van der Waals surface area contributed by atoms with Gasteiger partial charge in [-0.3, -0.25) is 4.55 Å². The molecule has 3 N–H and O–H groups in total. The highest BCUT2D eigenvalue weighted by molar-refractivity contribution is 7.85. The average molecular weight is 227 g/mol. The number of fused-ring (bicyclic) bond motifs is 1. The summed E-state index contributed by atoms with van der Waals surface area (Å²) >= 11 is 0. The van der Waals surface area contributed by atoms with E-state index in [1.807, 2.05) is 6.07 Å². The molecule has 1 aromatic rings. The van der Waals surface area contributed by atoms with Gasteiger partial charge in [-0.15, -0.1) is 0 Å². The lowest BCUT2D eigenvalue weighted by Crippen LogP contribution is -2.20. The van der Waals surface area contributed by atoms with Gasteiger partial charge in [0.25, 0.3) is 10.1 Å². The fraction of sp³-hybridized carbons (Fsp3) is 0.400. The molecule has 0 saturated carbocycles. The summed E-state index contributed by atoms with van der Waals surface area (Å²) in [5.74, 6) is 0. The average Bonchev–Trinajstić information content (AvgIpc) is 2.16. The SMILES string of the molecule is NC1CCCc2cccc(S(=O)(=O)O)c21. The van der Waals surface area contributed by atoms with Crippen molar-refractivity contribution >= 4 is 10.1 Å². The summed E-state index contributed by atoms with van der Waals surface area (Å²) < 4.78 is 31.4. The zero-order valence-electron chi connectivity index (χ0n) is 8.18. The maximum atomic E-state index is 11.2. The van der Waals surface area contributed by atoms with Gasteiger partial charge in [0.05, 0.1) is 4.90 Å². The number of hydrogen-bond acceptors (Lipinski definition) is 3. The van der Waals surface area contributed by atoms with Crippen LogP contribution in [-0.4, -0.2) is 13.0 Å². The molecule has 0 fully saturated rings. The van der Waals surface area contributed by atoms with Crippen LogP contribution in [0.3, 0.4) is 0 Å². The van der Waals surface area contributed by atoms with Crippen molar-refractivity contribution in [1.82, 2.24) is 0 Å². The van der Waals surface area contributed by atoms with Crippen LogP contribution in [0.4, 0.5) is 0 Å². The molecule has 0 bridgehead atoms. The van der Waals surface area contributed by atoms with Gasteiger partial charge in [-0.05, 0) is 36.5 Å². The largest absolute Gasteiger partial charge is 0.324 e. The van der Waals surface area contributed by atoms with Crippen molar-refractivity contribution in [3.63, 3.8) is 0 Å². The first kappa shape index (κ1) is 10.6. The second-order valence-electron chi connectivity index (χ2n) is 3.80. The third kappa shape index (κ3) is 1.90. The van der Waals surface area contributed by atoms with Crippen LogP contribution in [0.2, 0.25) is 0 Å². The van der Waals surface area contributed by atoms with Gasteiger partial charge >= 0.3 is 0 Å². The molecule has 0 radical (unpaired) electrons. The van der Waals surface area contributed by atoms with E-state index < -0.39 is 10.1 Å². The minimum atomic E-state index is -4.16. The van der Waals surface area contributed by atoms with Crippen LogP contribution in [0.1, 0.15) is 30.0 Å². The Balaban J connectivity index is 2.67. The van der Waals surface area contributed by atoms with Gasteiger partial charge in [0, 0.05) is 6.04 Å². The summed E-state index contributed by atoms with van der Waals surface area (Å²) in [4.78, 5) is -0.0350. The van der Waals surface area contributed by atoms with E-state index >= 15 is 0 Å². The molecule has 0 aromatic heterocycles. The zero-order chi connectivity index (χ0) is 11.1. The van der Waals surface area contributed by atoms with Crippen LogP contribution in [0, 0.1) is 0 Å². The van der Waals surface area contributed by atoms with E-state index in [0.717, 1.165) is 24.8 Å². The van der Waals surface area contributed by atoms with Crippen molar-refractivity contribution < 1.29 is 13.0 Å². The lowest BCUT2D eigenvalue weighted by molar-refractivity contribution is 0.476. The summed E-state index contributed by atoms with van der Waals surface area (Å²) in [6.45, 7) is 0. The van der Waals surface area contributed by atoms with Gasteiger partial charge in [0.15, 0.2) is 0 Å². The van der Waals surface area contributed by atoms with E-state index in [1.165, 1.54) is 6.07 Å². The first-order chi connectivity index (χ1) is 7.00. The Morgan fingerprint density at radius 1 is 1.40 bits per heavy atom. The highest BCUT2D eigenvalue weighted by Crippen LogP contribution is 2.32. The molecule has 1 aliphatic rings. The zero-order valence-corrected chi connectivity index (χ0v) is 9.00. The highest BCUT2D eigenvalue weighted by Gasteiger charge is 2.25. The molecule has 15 heavy (non-hydrogen) atoms. The van der Waals surface area contributed by atoms with Crippen molar-refractivity contribution in [2.45, 2.75) is 30.2 Å². The standard InChI is InChI=1S/C10H13NO3S/c11-8-5-1-3-7-4-2-6-9(10(7)8)15(12,13)14/h2,4,6,8H,1,3,5,11H2,(H,12,13,14). The van der Waals surface area contributed by atoms with Gasteiger partial charge in [-0.1, -0.05) is 12.1 Å². The Kier molecular flexibility index (Phi) is 2.54. The summed E-state index contributed by atoms with van der Waals surface area (Å²) in [5, 5.41) is 0. The highest BCUT2D eigenvalue weighted by atomic mass is 32.2. The number of rotatable bonds is 1. The predicted octanol–water partition coefficient (Wildman–Crippen LogP) is 1.27. The third-order valence-electron chi connectivity index (χ3n) is 2.77. The molecule has 2 rings (SSSR count). The summed E-state index contributed by atoms with van der Waals surface area (Å²) in [5.41, 5.74) is 7.39. The Labute approximate surface area is 88.9 Å². The summed E-state index contributed by atoms with van der Waals surface area (Å²) in [6.07, 6.45) is 2.55. The summed E-state index contributed by atoms with van der Waals surface area (Å²) in [7, 11) is -4.16. The van der Waals surface area contributed by atoms with E-state index in [1.54, 1.807) is 6.07 Å². The maximum Gasteiger partial charge on any atom is 0.294 e. The van der Waals surface area contributed by atoms with E-state index in [9.17, 15) is 8.42 Å². The Morgan fingerprint density at radius 3 is 2.80 bits per heavy atom. The number of nitrogens with two attached hydrogens (primary N) is 1. The van der Waals surface area contributed by atoms with Crippen molar-refractivity contribution in [3.05, 3.63) is 29.3 Å². The second kappa shape index (κ2) is 3.59. The van der Waals surface area contributed by atoms with E-state index in [4.69, 9.17) is 10.3 Å². The van der Waals surface area contributed by atoms with Crippen molar-refractivity contribution in [1.29, 1.82) is 0 Å². The molecule has 1 atom stereocenters. The molecule has 0 aliphatic heterocycles. The quantitative estimate of drug-likeness (QED) is 0.708. The normalized spacial score (nSPS) is 21.1. The number of hydrogen-bond donors (Lipinski definition) is 2. The molecular weight excluding hydrogens is 214 g/mol. The summed E-state index contributed by atoms with van der Waals surface area (Å²) in [6, 6.07) is 4.62. The number of benzene rings is 1. The molecule has 0 heterocycles. The van der Waals surface area contributed by atoms with Gasteiger partial charge in [-0.25, -0.2) is 0 Å². The molecule has 0 spiro atoms. The van der Waals surface area contributed by atoms with Gasteiger partial charge in [0.1, 0.15) is 0 Å². The molecule has 0 saturated heterocycles. The lowest BCUT2D eigenvalue weighted by atomic mass is 9.88. The van der Waals surface area contributed by atoms with Crippen LogP contribution >= 0.6 is 0 Å². The Hall–Kier alpha value is -0.910. The lowest BCUT2D eigenvalue weighted by Gasteiger charge is -2.23. The van der Waals surface area contributed by atoms with Crippen LogP contribution in [0.25, 0.3) is 0 Å². The first-order valence-corrected chi connectivity index (χ1v) is 6.29. The fourth-order valence-electron chi connectivity index (χ4n) is 2.11. The minimum Gasteiger partial charge on any atom is -0.324 e. The van der Waals surface area contributed by atoms with Crippen LogP contribution in [-0.2, 0) is 16.5 Å². The van der Waals surface area contributed by atoms with Gasteiger partial charge in [0.2, 0.25) is 0 Å². The Morgan fingerprint density at radius 2 is 2.13 bits per heavy atom. The molecule has 1 unspecified atom stereocenters. The van der Waals surface area contributed by atoms with Crippen molar-refractivity contribution in [2.24, 2.45) is 5.73 Å². The van der Waals surface area contributed by atoms with Crippen LogP contribution in [0.5, 0.6) is 0 Å². The van der Waals surface area contributed by atoms with Gasteiger partial charge in [-0.2, -0.15) is 8.42 Å². The first-order valence-electron chi connectivity index (χ1n) is 4.85. The predicted molar refractivity (Wildman–Crippen MR) is 56.1 cm³/mol. The van der Waals surface area contributed by atoms with Crippen molar-refractivity contribution in [3.8, 4) is 0 Å². The molecule has 5 heteroatoms. The molecular formula is C10H13NO3S. The van der Waals surface area contributed by atoms with E-state index in [0.29, 0.717) is 5.56 Å².